The maximum Gasteiger partial charge on any atom is 0.322 e. The van der Waals surface area contributed by atoms with Gasteiger partial charge in [-0.15, -0.1) is 0 Å². The van der Waals surface area contributed by atoms with Gasteiger partial charge in [0.25, 0.3) is 5.91 Å². The summed E-state index contributed by atoms with van der Waals surface area (Å²) in [6.07, 6.45) is 1.93. The van der Waals surface area contributed by atoms with Crippen LogP contribution in [0.1, 0.15) is 39.9 Å². The lowest BCUT2D eigenvalue weighted by Gasteiger charge is -2.29. The summed E-state index contributed by atoms with van der Waals surface area (Å²) in [5.41, 5.74) is 2.89. The number of anilines is 1. The van der Waals surface area contributed by atoms with Gasteiger partial charge < -0.3 is 14.7 Å². The molecule has 0 aliphatic carbocycles. The van der Waals surface area contributed by atoms with Crippen LogP contribution in [-0.2, 0) is 22.7 Å². The Morgan fingerprint density at radius 3 is 2.91 bits per heavy atom. The standard InChI is InChI=1S/C22H19FN6O4/c1-11-8-24-16(7-15(11)23)19-27-22(33-28-19)25-9-12-2-3-14-13(6-12)10-29(21(14)32)17-4-5-18(30)26-20(17)31/h2-3,6-8,17H,4-5,9-10H2,1H3,(H,25,27,28)(H,26,30,31). The van der Waals surface area contributed by atoms with Crippen molar-refractivity contribution in [2.24, 2.45) is 0 Å². The molecule has 5 rings (SSSR count). The van der Waals surface area contributed by atoms with Gasteiger partial charge in [0.2, 0.25) is 17.6 Å². The topological polar surface area (TPSA) is 130 Å². The highest BCUT2D eigenvalue weighted by Crippen LogP contribution is 2.28. The number of halogens is 1. The molecule has 1 aromatic carbocycles. The van der Waals surface area contributed by atoms with E-state index in [2.05, 4.69) is 25.8 Å². The molecule has 10 nitrogen and oxygen atoms in total. The number of hydrogen-bond donors (Lipinski definition) is 2. The van der Waals surface area contributed by atoms with E-state index >= 15 is 0 Å². The van der Waals surface area contributed by atoms with E-state index in [0.717, 1.165) is 11.1 Å². The average Bonchev–Trinajstić information content (AvgIpc) is 3.39. The summed E-state index contributed by atoms with van der Waals surface area (Å²) in [6.45, 7) is 2.25. The summed E-state index contributed by atoms with van der Waals surface area (Å²) in [4.78, 5) is 46.1. The summed E-state index contributed by atoms with van der Waals surface area (Å²) in [5, 5.41) is 9.12. The van der Waals surface area contributed by atoms with Crippen LogP contribution in [0.25, 0.3) is 11.5 Å². The maximum absolute atomic E-state index is 13.8. The minimum absolute atomic E-state index is 0.148. The number of aryl methyl sites for hydroxylation is 1. The van der Waals surface area contributed by atoms with Crippen molar-refractivity contribution >= 4 is 23.7 Å². The van der Waals surface area contributed by atoms with Crippen LogP contribution in [0.2, 0.25) is 0 Å². The van der Waals surface area contributed by atoms with Gasteiger partial charge in [0.1, 0.15) is 17.6 Å². The molecule has 0 spiro atoms. The second-order valence-electron chi connectivity index (χ2n) is 7.99. The zero-order valence-corrected chi connectivity index (χ0v) is 17.6. The number of piperidine rings is 1. The van der Waals surface area contributed by atoms with E-state index in [4.69, 9.17) is 4.52 Å². The SMILES string of the molecule is Cc1cnc(-c2noc(NCc3ccc4c(c3)CN(C3CCC(=O)NC3=O)C4=O)n2)cc1F. The monoisotopic (exact) mass is 450 g/mol. The average molecular weight is 450 g/mol. The number of nitrogens with zero attached hydrogens (tertiary/aromatic N) is 4. The quantitative estimate of drug-likeness (QED) is 0.564. The number of benzene rings is 1. The van der Waals surface area contributed by atoms with Crippen LogP contribution in [0.3, 0.4) is 0 Å². The van der Waals surface area contributed by atoms with Gasteiger partial charge in [-0.3, -0.25) is 24.7 Å². The second-order valence-corrected chi connectivity index (χ2v) is 7.99. The minimum Gasteiger partial charge on any atom is -0.334 e. The van der Waals surface area contributed by atoms with Crippen molar-refractivity contribution in [2.45, 2.75) is 38.9 Å². The van der Waals surface area contributed by atoms with Crippen molar-refractivity contribution < 1.29 is 23.3 Å². The molecule has 1 unspecified atom stereocenters. The molecule has 168 valence electrons. The van der Waals surface area contributed by atoms with E-state index in [1.54, 1.807) is 19.1 Å². The minimum atomic E-state index is -0.652. The summed E-state index contributed by atoms with van der Waals surface area (Å²) >= 11 is 0. The van der Waals surface area contributed by atoms with Crippen molar-refractivity contribution in [1.29, 1.82) is 0 Å². The number of fused-ring (bicyclic) bond motifs is 1. The smallest absolute Gasteiger partial charge is 0.322 e. The number of nitrogens with one attached hydrogen (secondary N) is 2. The predicted octanol–water partition coefficient (Wildman–Crippen LogP) is 1.95. The number of amides is 3. The highest BCUT2D eigenvalue weighted by Gasteiger charge is 2.39. The van der Waals surface area contributed by atoms with Crippen LogP contribution < -0.4 is 10.6 Å². The molecule has 2 aliphatic rings. The van der Waals surface area contributed by atoms with Gasteiger partial charge in [0.05, 0.1) is 0 Å². The van der Waals surface area contributed by atoms with Crippen LogP contribution in [0.15, 0.2) is 35.0 Å². The molecule has 3 amide bonds. The van der Waals surface area contributed by atoms with E-state index in [-0.39, 0.29) is 35.8 Å². The first kappa shape index (κ1) is 20.7. The molecule has 4 heterocycles. The van der Waals surface area contributed by atoms with Gasteiger partial charge in [-0.25, -0.2) is 4.39 Å². The van der Waals surface area contributed by atoms with Crippen LogP contribution in [0.5, 0.6) is 0 Å². The Morgan fingerprint density at radius 2 is 2.12 bits per heavy atom. The fraction of sp³-hybridized carbons (Fsp3) is 0.273. The van der Waals surface area contributed by atoms with Gasteiger partial charge >= 0.3 is 6.01 Å². The Morgan fingerprint density at radius 1 is 1.27 bits per heavy atom. The summed E-state index contributed by atoms with van der Waals surface area (Å²) < 4.78 is 18.9. The molecule has 1 fully saturated rings. The Labute approximate surface area is 187 Å². The number of pyridine rings is 1. The van der Waals surface area contributed by atoms with E-state index in [0.29, 0.717) is 30.6 Å². The van der Waals surface area contributed by atoms with E-state index in [1.807, 2.05) is 6.07 Å². The molecular weight excluding hydrogens is 431 g/mol. The third kappa shape index (κ3) is 3.93. The van der Waals surface area contributed by atoms with Crippen molar-refractivity contribution in [3.05, 3.63) is 58.5 Å². The highest BCUT2D eigenvalue weighted by atomic mass is 19.1. The van der Waals surface area contributed by atoms with Crippen molar-refractivity contribution in [3.63, 3.8) is 0 Å². The zero-order valence-electron chi connectivity index (χ0n) is 17.6. The van der Waals surface area contributed by atoms with E-state index < -0.39 is 17.8 Å². The lowest BCUT2D eigenvalue weighted by molar-refractivity contribution is -0.136. The molecule has 0 saturated carbocycles. The number of aromatic nitrogens is 3. The number of rotatable bonds is 5. The Hall–Kier alpha value is -4.15. The predicted molar refractivity (Wildman–Crippen MR) is 112 cm³/mol. The number of carbonyl (C=O) groups excluding carboxylic acids is 3. The van der Waals surface area contributed by atoms with Crippen molar-refractivity contribution in [3.8, 4) is 11.5 Å². The fourth-order valence-corrected chi connectivity index (χ4v) is 3.94. The molecular formula is C22H19FN6O4. The maximum atomic E-state index is 13.8. The van der Waals surface area contributed by atoms with Gasteiger partial charge in [-0.05, 0) is 30.5 Å². The number of hydrogen-bond acceptors (Lipinski definition) is 8. The molecule has 0 bridgehead atoms. The third-order valence-corrected chi connectivity index (χ3v) is 5.72. The van der Waals surface area contributed by atoms with Gasteiger partial charge in [-0.2, -0.15) is 4.98 Å². The van der Waals surface area contributed by atoms with Crippen LogP contribution in [0.4, 0.5) is 10.4 Å². The molecule has 3 aromatic rings. The molecule has 0 radical (unpaired) electrons. The molecule has 1 saturated heterocycles. The lowest BCUT2D eigenvalue weighted by atomic mass is 10.0. The van der Waals surface area contributed by atoms with E-state index in [9.17, 15) is 18.8 Å². The second kappa shape index (κ2) is 8.08. The normalized spacial score (nSPS) is 17.8. The Bertz CT molecular complexity index is 1290. The molecule has 2 aromatic heterocycles. The number of imide groups is 1. The summed E-state index contributed by atoms with van der Waals surface area (Å²) in [5.74, 6) is -1.22. The van der Waals surface area contributed by atoms with E-state index in [1.165, 1.54) is 17.2 Å². The first-order valence-electron chi connectivity index (χ1n) is 10.4. The zero-order chi connectivity index (χ0) is 23.1. The summed E-state index contributed by atoms with van der Waals surface area (Å²) in [7, 11) is 0. The molecule has 2 aliphatic heterocycles. The third-order valence-electron chi connectivity index (χ3n) is 5.72. The number of carbonyl (C=O) groups is 3. The van der Waals surface area contributed by atoms with Crippen LogP contribution >= 0.6 is 0 Å². The largest absolute Gasteiger partial charge is 0.334 e. The van der Waals surface area contributed by atoms with Gasteiger partial charge in [0, 0.05) is 42.9 Å². The molecule has 1 atom stereocenters. The lowest BCUT2D eigenvalue weighted by Crippen LogP contribution is -2.52. The van der Waals surface area contributed by atoms with Crippen LogP contribution in [0, 0.1) is 12.7 Å². The van der Waals surface area contributed by atoms with Gasteiger partial charge in [-0.1, -0.05) is 17.3 Å². The van der Waals surface area contributed by atoms with Crippen LogP contribution in [-0.4, -0.2) is 43.8 Å². The molecule has 2 N–H and O–H groups in total. The highest BCUT2D eigenvalue weighted by molar-refractivity contribution is 6.05. The Balaban J connectivity index is 1.26. The Kier molecular flexibility index (Phi) is 5.08. The van der Waals surface area contributed by atoms with Gasteiger partial charge in [0.15, 0.2) is 0 Å². The first-order chi connectivity index (χ1) is 15.9. The molecule has 11 heteroatoms. The fourth-order valence-electron chi connectivity index (χ4n) is 3.94. The molecule has 33 heavy (non-hydrogen) atoms. The summed E-state index contributed by atoms with van der Waals surface area (Å²) in [6, 6.07) is 6.14. The van der Waals surface area contributed by atoms with Crippen molar-refractivity contribution in [1.82, 2.24) is 25.3 Å². The first-order valence-corrected chi connectivity index (χ1v) is 10.4. The van der Waals surface area contributed by atoms with Crippen molar-refractivity contribution in [2.75, 3.05) is 5.32 Å².